The van der Waals surface area contributed by atoms with Crippen LogP contribution in [-0.2, 0) is 36.7 Å². The largest absolute Gasteiger partial charge is 0.768 e. The molecule has 0 saturated carbocycles. The van der Waals surface area contributed by atoms with Gasteiger partial charge in [0.15, 0.2) is 5.84 Å². The number of carbonyl (C=O) groups excluding carboxylic acids is 2. The molecule has 1 heterocycles. The fraction of sp³-hybridized carbons (Fsp3) is 0.448. The molecule has 0 radical (unpaired) electrons. The van der Waals surface area contributed by atoms with E-state index in [4.69, 9.17) is 14.2 Å². The molecule has 1 unspecified atom stereocenters. The van der Waals surface area contributed by atoms with Crippen molar-refractivity contribution in [1.82, 2.24) is 15.8 Å². The first-order valence-electron chi connectivity index (χ1n) is 13.9. The average molecular weight is 664 g/mol. The highest BCUT2D eigenvalue weighted by Crippen LogP contribution is 2.24. The van der Waals surface area contributed by atoms with Crippen molar-refractivity contribution in [3.8, 4) is 5.75 Å². The zero-order valence-corrected chi connectivity index (χ0v) is 27.3. The Labute approximate surface area is 269 Å². The van der Waals surface area contributed by atoms with Crippen molar-refractivity contribution >= 4 is 40.9 Å². The van der Waals surface area contributed by atoms with Gasteiger partial charge in [-0.05, 0) is 70.8 Å². The number of hydrogen-bond donors (Lipinski definition) is 3. The molecular formula is C29H39N6O10S-. The SMILES string of the molecule is CC(C)(C)OC(=O)CN(CC(=O)OC(C)(C)C)Cc1ccc(C2=NNC=NN2)cc1OCCO.O=[N+]([O-])c1ccc(S(=O)[O-])cc1. The van der Waals surface area contributed by atoms with E-state index in [2.05, 4.69) is 21.1 Å². The predicted molar refractivity (Wildman–Crippen MR) is 168 cm³/mol. The van der Waals surface area contributed by atoms with Gasteiger partial charge in [0.2, 0.25) is 0 Å². The van der Waals surface area contributed by atoms with Crippen LogP contribution in [0.5, 0.6) is 5.75 Å². The monoisotopic (exact) mass is 663 g/mol. The van der Waals surface area contributed by atoms with Crippen molar-refractivity contribution in [2.24, 2.45) is 10.2 Å². The summed E-state index contributed by atoms with van der Waals surface area (Å²) in [5, 5.41) is 27.4. The first-order chi connectivity index (χ1) is 21.5. The van der Waals surface area contributed by atoms with Gasteiger partial charge in [0, 0.05) is 34.7 Å². The van der Waals surface area contributed by atoms with Crippen LogP contribution in [0.15, 0.2) is 57.6 Å². The van der Waals surface area contributed by atoms with Crippen molar-refractivity contribution in [3.63, 3.8) is 0 Å². The molecule has 1 aliphatic rings. The summed E-state index contributed by atoms with van der Waals surface area (Å²) < 4.78 is 37.2. The maximum atomic E-state index is 12.5. The van der Waals surface area contributed by atoms with E-state index in [1.165, 1.54) is 18.5 Å². The van der Waals surface area contributed by atoms with Gasteiger partial charge < -0.3 is 23.9 Å². The van der Waals surface area contributed by atoms with Crippen molar-refractivity contribution in [2.75, 3.05) is 26.3 Å². The predicted octanol–water partition coefficient (Wildman–Crippen LogP) is 2.17. The number of nitrogens with zero attached hydrogens (tertiary/aromatic N) is 4. The lowest BCUT2D eigenvalue weighted by Crippen LogP contribution is -2.39. The first-order valence-corrected chi connectivity index (χ1v) is 15.0. The van der Waals surface area contributed by atoms with Gasteiger partial charge >= 0.3 is 11.9 Å². The molecule has 0 fully saturated rings. The second-order valence-corrected chi connectivity index (χ2v) is 12.6. The van der Waals surface area contributed by atoms with E-state index in [1.54, 1.807) is 52.5 Å². The van der Waals surface area contributed by atoms with Crippen LogP contribution in [0.25, 0.3) is 0 Å². The van der Waals surface area contributed by atoms with Crippen LogP contribution in [0.3, 0.4) is 0 Å². The summed E-state index contributed by atoms with van der Waals surface area (Å²) in [6.45, 7) is 10.6. The molecule has 16 nitrogen and oxygen atoms in total. The highest BCUT2D eigenvalue weighted by Gasteiger charge is 2.25. The third kappa shape index (κ3) is 14.1. The van der Waals surface area contributed by atoms with Crippen molar-refractivity contribution in [3.05, 3.63) is 63.7 Å². The summed E-state index contributed by atoms with van der Waals surface area (Å²) in [5.74, 6) is 0.0386. The van der Waals surface area contributed by atoms with Gasteiger partial charge in [-0.1, -0.05) is 12.1 Å². The molecule has 46 heavy (non-hydrogen) atoms. The molecule has 2 aromatic carbocycles. The quantitative estimate of drug-likeness (QED) is 0.129. The van der Waals surface area contributed by atoms with Crippen LogP contribution in [0.4, 0.5) is 5.69 Å². The molecule has 0 aliphatic carbocycles. The summed E-state index contributed by atoms with van der Waals surface area (Å²) in [7, 11) is 0. The van der Waals surface area contributed by atoms with Crippen LogP contribution in [0.1, 0.15) is 52.7 Å². The number of amidine groups is 1. The molecule has 2 aromatic rings. The van der Waals surface area contributed by atoms with Gasteiger partial charge in [-0.15, -0.1) is 0 Å². The van der Waals surface area contributed by atoms with Crippen LogP contribution >= 0.6 is 0 Å². The molecule has 0 spiro atoms. The lowest BCUT2D eigenvalue weighted by atomic mass is 10.1. The van der Waals surface area contributed by atoms with Gasteiger partial charge in [-0.3, -0.25) is 39.7 Å². The normalized spacial score (nSPS) is 13.3. The highest BCUT2D eigenvalue weighted by atomic mass is 32.2. The zero-order chi connectivity index (χ0) is 34.5. The number of benzene rings is 2. The topological polar surface area (TPSA) is 217 Å². The van der Waals surface area contributed by atoms with E-state index < -0.39 is 39.1 Å². The van der Waals surface area contributed by atoms with Crippen LogP contribution in [0.2, 0.25) is 0 Å². The molecule has 3 rings (SSSR count). The third-order valence-electron chi connectivity index (χ3n) is 5.34. The maximum absolute atomic E-state index is 12.5. The van der Waals surface area contributed by atoms with E-state index in [1.807, 2.05) is 12.1 Å². The minimum Gasteiger partial charge on any atom is -0.768 e. The van der Waals surface area contributed by atoms with E-state index in [0.29, 0.717) is 22.7 Å². The minimum atomic E-state index is -2.32. The lowest BCUT2D eigenvalue weighted by molar-refractivity contribution is -0.384. The lowest BCUT2D eigenvalue weighted by Gasteiger charge is -2.27. The molecule has 0 saturated heterocycles. The number of nitro groups is 1. The number of carbonyl (C=O) groups is 2. The van der Waals surface area contributed by atoms with Gasteiger partial charge in [0.25, 0.3) is 5.69 Å². The zero-order valence-electron chi connectivity index (χ0n) is 26.5. The van der Waals surface area contributed by atoms with Gasteiger partial charge in [0.05, 0.1) is 24.6 Å². The van der Waals surface area contributed by atoms with E-state index >= 15 is 0 Å². The number of hydrogen-bond acceptors (Lipinski definition) is 15. The number of ether oxygens (including phenoxy) is 3. The van der Waals surface area contributed by atoms with E-state index in [9.17, 15) is 33.6 Å². The Morgan fingerprint density at radius 2 is 1.59 bits per heavy atom. The number of aliphatic hydroxyl groups is 1. The van der Waals surface area contributed by atoms with Crippen LogP contribution < -0.4 is 15.6 Å². The molecule has 252 valence electrons. The summed E-state index contributed by atoms with van der Waals surface area (Å²) in [6, 6.07) is 10.0. The fourth-order valence-corrected chi connectivity index (χ4v) is 4.05. The molecule has 1 aliphatic heterocycles. The number of non-ortho nitro benzene ring substituents is 1. The minimum absolute atomic E-state index is 0.0422. The molecule has 1 atom stereocenters. The Balaban J connectivity index is 0.000000512. The van der Waals surface area contributed by atoms with E-state index in [0.717, 1.165) is 12.1 Å². The van der Waals surface area contributed by atoms with Crippen molar-refractivity contribution in [2.45, 2.75) is 64.2 Å². The molecule has 17 heteroatoms. The molecule has 0 amide bonds. The summed E-state index contributed by atoms with van der Waals surface area (Å²) in [6.07, 6.45) is 1.41. The number of aliphatic hydroxyl groups excluding tert-OH is 1. The second kappa shape index (κ2) is 17.3. The van der Waals surface area contributed by atoms with Crippen LogP contribution in [0, 0.1) is 10.1 Å². The molecule has 0 bridgehead atoms. The Hall–Kier alpha value is -4.45. The summed E-state index contributed by atoms with van der Waals surface area (Å²) in [5.41, 5.74) is 5.43. The molecular weight excluding hydrogens is 624 g/mol. The van der Waals surface area contributed by atoms with Gasteiger partial charge in [0.1, 0.15) is 29.9 Å². The number of rotatable bonds is 12. The van der Waals surface area contributed by atoms with Crippen LogP contribution in [-0.4, -0.2) is 85.3 Å². The fourth-order valence-electron chi connectivity index (χ4n) is 3.69. The Kier molecular flexibility index (Phi) is 14.2. The summed E-state index contributed by atoms with van der Waals surface area (Å²) >= 11 is -2.32. The standard InChI is InChI=1S/C23H35N5O6.C6H5NO4S/c1-22(2,3)33-19(30)13-28(14-20(31)34-23(4,5)6)12-17-8-7-16(11-18(17)32-10-9-29)21-26-24-15-25-27-21;8-7(9)5-1-3-6(4-2-5)12(10)11/h7-8,11,15,29H,9-10,12-14H2,1-6H3,(H,24,25)(H,26,27);1-4H,(H,10,11)/p-1. The van der Waals surface area contributed by atoms with E-state index in [-0.39, 0.29) is 43.4 Å². The number of esters is 2. The summed E-state index contributed by atoms with van der Waals surface area (Å²) in [4.78, 5) is 36.3. The number of nitro benzene ring substituents is 1. The van der Waals surface area contributed by atoms with Gasteiger partial charge in [-0.2, -0.15) is 10.2 Å². The molecule has 3 N–H and O–H groups in total. The second-order valence-electron chi connectivity index (χ2n) is 11.7. The molecule has 0 aromatic heterocycles. The Bertz CT molecular complexity index is 1370. The average Bonchev–Trinajstić information content (AvgIpc) is 2.95. The smallest absolute Gasteiger partial charge is 0.320 e. The third-order valence-corrected chi connectivity index (χ3v) is 6.00. The number of hydrazone groups is 2. The Morgan fingerprint density at radius 3 is 2.04 bits per heavy atom. The van der Waals surface area contributed by atoms with Gasteiger partial charge in [-0.25, -0.2) is 0 Å². The van der Waals surface area contributed by atoms with Crippen molar-refractivity contribution in [1.29, 1.82) is 0 Å². The van der Waals surface area contributed by atoms with Crippen molar-refractivity contribution < 1.29 is 42.6 Å². The maximum Gasteiger partial charge on any atom is 0.320 e. The Morgan fingerprint density at radius 1 is 1.00 bits per heavy atom. The highest BCUT2D eigenvalue weighted by molar-refractivity contribution is 7.79. The first kappa shape index (κ1) is 37.7. The number of nitrogens with one attached hydrogen (secondary N) is 2.